The van der Waals surface area contributed by atoms with Gasteiger partial charge in [-0.05, 0) is 12.1 Å². The molecule has 1 fully saturated rings. The van der Waals surface area contributed by atoms with Crippen molar-refractivity contribution in [2.45, 2.75) is 0 Å². The van der Waals surface area contributed by atoms with Crippen LogP contribution in [0, 0.1) is 11.8 Å². The van der Waals surface area contributed by atoms with E-state index in [1.54, 1.807) is 12.1 Å². The maximum atomic E-state index is 12.6. The molecule has 0 spiro atoms. The van der Waals surface area contributed by atoms with Gasteiger partial charge in [0.05, 0.1) is 12.2 Å². The maximum Gasteiger partial charge on any atom is 0.255 e. The van der Waals surface area contributed by atoms with Crippen molar-refractivity contribution >= 4 is 5.91 Å². The van der Waals surface area contributed by atoms with Crippen LogP contribution >= 0.6 is 0 Å². The summed E-state index contributed by atoms with van der Waals surface area (Å²) in [5.74, 6) is 5.38. The van der Waals surface area contributed by atoms with Crippen LogP contribution in [0.1, 0.15) is 15.9 Å². The zero-order valence-electron chi connectivity index (χ0n) is 12.0. The van der Waals surface area contributed by atoms with E-state index < -0.39 is 0 Å². The smallest absolute Gasteiger partial charge is 0.255 e. The van der Waals surface area contributed by atoms with Gasteiger partial charge in [-0.25, -0.2) is 0 Å². The summed E-state index contributed by atoms with van der Waals surface area (Å²) in [7, 11) is 0. The zero-order chi connectivity index (χ0) is 15.1. The van der Waals surface area contributed by atoms with Crippen LogP contribution < -0.4 is 0 Å². The van der Waals surface area contributed by atoms with Crippen molar-refractivity contribution in [3.63, 3.8) is 0 Å². The van der Waals surface area contributed by atoms with Gasteiger partial charge in [-0.15, -0.1) is 0 Å². The predicted molar refractivity (Wildman–Crippen MR) is 79.8 cm³/mol. The van der Waals surface area contributed by atoms with Crippen LogP contribution in [0.3, 0.4) is 0 Å². The Bertz CT molecular complexity index is 540. The Balaban J connectivity index is 2.07. The second-order valence-electron chi connectivity index (χ2n) is 4.86. The Morgan fingerprint density at radius 1 is 1.14 bits per heavy atom. The standard InChI is InChI=1S/C16H20N2O3/c19-12-3-5-14-4-1-2-6-15(14)16(21)18-9-7-17(8-10-18)11-13-20/h1-2,4,6,19-20H,7-13H2. The van der Waals surface area contributed by atoms with Gasteiger partial charge in [0.1, 0.15) is 6.61 Å². The van der Waals surface area contributed by atoms with E-state index in [0.717, 1.165) is 13.1 Å². The minimum absolute atomic E-state index is 0.0264. The number of benzene rings is 1. The fourth-order valence-electron chi connectivity index (χ4n) is 2.40. The molecule has 2 rings (SSSR count). The molecule has 1 aromatic rings. The van der Waals surface area contributed by atoms with E-state index in [2.05, 4.69) is 16.7 Å². The predicted octanol–water partition coefficient (Wildman–Crippen LogP) is -0.220. The molecule has 1 heterocycles. The Hall–Kier alpha value is -1.87. The maximum absolute atomic E-state index is 12.6. The van der Waals surface area contributed by atoms with Gasteiger partial charge in [0, 0.05) is 38.3 Å². The molecule has 1 saturated heterocycles. The van der Waals surface area contributed by atoms with E-state index >= 15 is 0 Å². The fourth-order valence-corrected chi connectivity index (χ4v) is 2.40. The Morgan fingerprint density at radius 3 is 2.52 bits per heavy atom. The van der Waals surface area contributed by atoms with Gasteiger partial charge in [-0.1, -0.05) is 24.0 Å². The summed E-state index contributed by atoms with van der Waals surface area (Å²) in [5.41, 5.74) is 1.23. The highest BCUT2D eigenvalue weighted by molar-refractivity contribution is 5.96. The molecule has 1 aromatic carbocycles. The van der Waals surface area contributed by atoms with E-state index in [1.807, 2.05) is 17.0 Å². The minimum Gasteiger partial charge on any atom is -0.395 e. The van der Waals surface area contributed by atoms with Crippen molar-refractivity contribution in [1.82, 2.24) is 9.80 Å². The number of hydrogen-bond acceptors (Lipinski definition) is 4. The van der Waals surface area contributed by atoms with Crippen molar-refractivity contribution in [2.75, 3.05) is 45.9 Å². The first-order valence-electron chi connectivity index (χ1n) is 7.07. The lowest BCUT2D eigenvalue weighted by molar-refractivity contribution is 0.0614. The molecule has 0 unspecified atom stereocenters. The largest absolute Gasteiger partial charge is 0.395 e. The number of β-amino-alcohol motifs (C(OH)–C–C–N with tert-alkyl or cyclic N) is 1. The second kappa shape index (κ2) is 7.79. The molecular weight excluding hydrogens is 268 g/mol. The van der Waals surface area contributed by atoms with E-state index in [9.17, 15) is 4.79 Å². The average Bonchev–Trinajstić information content (AvgIpc) is 2.53. The Kier molecular flexibility index (Phi) is 5.76. The van der Waals surface area contributed by atoms with Gasteiger partial charge in [0.25, 0.3) is 5.91 Å². The molecule has 5 nitrogen and oxygen atoms in total. The third-order valence-electron chi connectivity index (χ3n) is 3.54. The van der Waals surface area contributed by atoms with Gasteiger partial charge in [-0.2, -0.15) is 0 Å². The molecule has 0 aromatic heterocycles. The number of hydrogen-bond donors (Lipinski definition) is 2. The number of carbonyl (C=O) groups excluding carboxylic acids is 1. The monoisotopic (exact) mass is 288 g/mol. The van der Waals surface area contributed by atoms with Crippen LogP contribution in [0.2, 0.25) is 0 Å². The van der Waals surface area contributed by atoms with Crippen LogP contribution in [0.15, 0.2) is 24.3 Å². The number of amides is 1. The Morgan fingerprint density at radius 2 is 1.86 bits per heavy atom. The average molecular weight is 288 g/mol. The third-order valence-corrected chi connectivity index (χ3v) is 3.54. The highest BCUT2D eigenvalue weighted by atomic mass is 16.3. The quantitative estimate of drug-likeness (QED) is 0.755. The zero-order valence-corrected chi connectivity index (χ0v) is 12.0. The van der Waals surface area contributed by atoms with Crippen LogP contribution in [-0.4, -0.2) is 71.9 Å². The topological polar surface area (TPSA) is 64.0 Å². The van der Waals surface area contributed by atoms with Crippen molar-refractivity contribution < 1.29 is 15.0 Å². The van der Waals surface area contributed by atoms with Gasteiger partial charge in [0.15, 0.2) is 0 Å². The number of rotatable bonds is 3. The molecule has 0 atom stereocenters. The number of aliphatic hydroxyl groups excluding tert-OH is 2. The Labute approximate surface area is 124 Å². The lowest BCUT2D eigenvalue weighted by atomic mass is 10.1. The molecule has 0 saturated carbocycles. The molecule has 112 valence electrons. The fraction of sp³-hybridized carbons (Fsp3) is 0.438. The van der Waals surface area contributed by atoms with Crippen molar-refractivity contribution in [3.05, 3.63) is 35.4 Å². The molecule has 0 radical (unpaired) electrons. The summed E-state index contributed by atoms with van der Waals surface area (Å²) in [6.45, 7) is 3.44. The summed E-state index contributed by atoms with van der Waals surface area (Å²) in [6.07, 6.45) is 0. The summed E-state index contributed by atoms with van der Waals surface area (Å²) >= 11 is 0. The summed E-state index contributed by atoms with van der Waals surface area (Å²) < 4.78 is 0. The number of carbonyl (C=O) groups is 1. The molecule has 21 heavy (non-hydrogen) atoms. The van der Waals surface area contributed by atoms with Gasteiger partial charge < -0.3 is 15.1 Å². The third kappa shape index (κ3) is 4.05. The number of piperazine rings is 1. The van der Waals surface area contributed by atoms with E-state index in [-0.39, 0.29) is 19.1 Å². The summed E-state index contributed by atoms with van der Waals surface area (Å²) in [6, 6.07) is 7.21. The van der Waals surface area contributed by atoms with Crippen LogP contribution in [0.5, 0.6) is 0 Å². The molecule has 1 amide bonds. The molecule has 1 aliphatic heterocycles. The second-order valence-corrected chi connectivity index (χ2v) is 4.86. The first-order chi connectivity index (χ1) is 10.3. The highest BCUT2D eigenvalue weighted by Crippen LogP contribution is 2.13. The molecule has 1 aliphatic rings. The van der Waals surface area contributed by atoms with Crippen LogP contribution in [0.4, 0.5) is 0 Å². The van der Waals surface area contributed by atoms with E-state index in [0.29, 0.717) is 30.8 Å². The number of nitrogens with zero attached hydrogens (tertiary/aromatic N) is 2. The van der Waals surface area contributed by atoms with Gasteiger partial charge in [-0.3, -0.25) is 9.69 Å². The molecule has 2 N–H and O–H groups in total. The molecule has 0 bridgehead atoms. The van der Waals surface area contributed by atoms with E-state index in [4.69, 9.17) is 10.2 Å². The molecule has 0 aliphatic carbocycles. The molecular formula is C16H20N2O3. The van der Waals surface area contributed by atoms with E-state index in [1.165, 1.54) is 0 Å². The normalized spacial score (nSPS) is 15.4. The van der Waals surface area contributed by atoms with Crippen molar-refractivity contribution in [3.8, 4) is 11.8 Å². The highest BCUT2D eigenvalue weighted by Gasteiger charge is 2.22. The van der Waals surface area contributed by atoms with Gasteiger partial charge >= 0.3 is 0 Å². The first-order valence-corrected chi connectivity index (χ1v) is 7.07. The minimum atomic E-state index is -0.220. The van der Waals surface area contributed by atoms with Crippen LogP contribution in [0.25, 0.3) is 0 Å². The summed E-state index contributed by atoms with van der Waals surface area (Å²) in [4.78, 5) is 16.5. The number of aliphatic hydroxyl groups is 2. The van der Waals surface area contributed by atoms with Crippen LogP contribution in [-0.2, 0) is 0 Å². The van der Waals surface area contributed by atoms with Crippen molar-refractivity contribution in [1.29, 1.82) is 0 Å². The lowest BCUT2D eigenvalue weighted by Gasteiger charge is -2.34. The van der Waals surface area contributed by atoms with Crippen molar-refractivity contribution in [2.24, 2.45) is 0 Å². The molecule has 5 heteroatoms. The first kappa shape index (κ1) is 15.5. The van der Waals surface area contributed by atoms with Gasteiger partial charge in [0.2, 0.25) is 0 Å². The SMILES string of the molecule is O=C(c1ccccc1C#CCO)N1CCN(CCO)CC1. The summed E-state index contributed by atoms with van der Waals surface area (Å²) in [5, 5.41) is 17.7. The lowest BCUT2D eigenvalue weighted by Crippen LogP contribution is -2.49.